The zero-order valence-corrected chi connectivity index (χ0v) is 16.5. The summed E-state index contributed by atoms with van der Waals surface area (Å²) in [6, 6.07) is 15.3. The lowest BCUT2D eigenvalue weighted by atomic mass is 9.73. The van der Waals surface area contributed by atoms with Crippen LogP contribution in [0.5, 0.6) is 5.75 Å². The average molecular weight is 381 g/mol. The van der Waals surface area contributed by atoms with Crippen LogP contribution in [0.1, 0.15) is 36.0 Å². The molecule has 0 unspecified atom stereocenters. The van der Waals surface area contributed by atoms with Gasteiger partial charge in [-0.3, -0.25) is 9.59 Å². The second kappa shape index (κ2) is 8.46. The summed E-state index contributed by atoms with van der Waals surface area (Å²) >= 11 is 0. The third-order valence-electron chi connectivity index (χ3n) is 5.62. The van der Waals surface area contributed by atoms with Gasteiger partial charge in [0.25, 0.3) is 0 Å². The van der Waals surface area contributed by atoms with Crippen molar-refractivity contribution < 1.29 is 19.4 Å². The lowest BCUT2D eigenvalue weighted by Crippen LogP contribution is -2.49. The Morgan fingerprint density at radius 2 is 1.75 bits per heavy atom. The molecule has 2 aromatic rings. The van der Waals surface area contributed by atoms with Crippen molar-refractivity contribution >= 4 is 11.9 Å². The summed E-state index contributed by atoms with van der Waals surface area (Å²) in [5, 5.41) is 9.86. The second-order valence-corrected chi connectivity index (χ2v) is 7.50. The number of amides is 1. The van der Waals surface area contributed by atoms with E-state index in [-0.39, 0.29) is 5.91 Å². The fourth-order valence-corrected chi connectivity index (χ4v) is 3.79. The molecule has 1 heterocycles. The van der Waals surface area contributed by atoms with Gasteiger partial charge in [0.1, 0.15) is 5.75 Å². The van der Waals surface area contributed by atoms with Crippen molar-refractivity contribution in [3.8, 4) is 5.75 Å². The Kier molecular flexibility index (Phi) is 6.02. The number of ether oxygens (including phenoxy) is 1. The summed E-state index contributed by atoms with van der Waals surface area (Å²) in [6.07, 6.45) is 1.14. The zero-order chi connectivity index (χ0) is 20.1. The minimum Gasteiger partial charge on any atom is -0.493 e. The molecule has 3 rings (SSSR count). The van der Waals surface area contributed by atoms with Crippen LogP contribution in [0.4, 0.5) is 0 Å². The molecule has 28 heavy (non-hydrogen) atoms. The molecule has 1 aliphatic rings. The van der Waals surface area contributed by atoms with E-state index in [9.17, 15) is 14.7 Å². The number of carboxylic acid groups (broad SMARTS) is 1. The van der Waals surface area contributed by atoms with E-state index in [4.69, 9.17) is 4.74 Å². The number of hydrogen-bond donors (Lipinski definition) is 1. The van der Waals surface area contributed by atoms with Gasteiger partial charge in [0.05, 0.1) is 18.4 Å². The van der Waals surface area contributed by atoms with Crippen LogP contribution in [-0.4, -0.2) is 41.6 Å². The van der Waals surface area contributed by atoms with Crippen molar-refractivity contribution in [3.63, 3.8) is 0 Å². The maximum absolute atomic E-state index is 12.6. The van der Waals surface area contributed by atoms with Gasteiger partial charge in [0, 0.05) is 13.1 Å². The first kappa shape index (κ1) is 19.9. The van der Waals surface area contributed by atoms with Crippen molar-refractivity contribution in [1.82, 2.24) is 4.90 Å². The first-order valence-corrected chi connectivity index (χ1v) is 9.69. The number of hydrogen-bond acceptors (Lipinski definition) is 3. The Morgan fingerprint density at radius 3 is 2.39 bits per heavy atom. The van der Waals surface area contributed by atoms with Gasteiger partial charge in [-0.05, 0) is 49.4 Å². The highest BCUT2D eigenvalue weighted by Crippen LogP contribution is 2.36. The molecule has 5 nitrogen and oxygen atoms in total. The van der Waals surface area contributed by atoms with Crippen molar-refractivity contribution in [3.05, 3.63) is 65.2 Å². The van der Waals surface area contributed by atoms with Gasteiger partial charge in [0.15, 0.2) is 0 Å². The normalized spacial score (nSPS) is 15.9. The molecule has 148 valence electrons. The molecule has 2 aromatic carbocycles. The Hall–Kier alpha value is -2.82. The molecule has 0 spiro atoms. The smallest absolute Gasteiger partial charge is 0.314 e. The maximum Gasteiger partial charge on any atom is 0.314 e. The molecule has 0 radical (unpaired) electrons. The summed E-state index contributed by atoms with van der Waals surface area (Å²) in [5.74, 6) is 0.00169. The molecule has 1 N–H and O–H groups in total. The van der Waals surface area contributed by atoms with E-state index in [1.165, 1.54) is 0 Å². The number of carbonyl (C=O) groups is 2. The SMILES string of the molecule is Cc1ccc(C)c(OCCC(=O)N2CCC(C(=O)O)(c3ccccc3)CC2)c1. The highest BCUT2D eigenvalue weighted by atomic mass is 16.5. The number of aliphatic carboxylic acids is 1. The number of aryl methyl sites for hydroxylation is 2. The number of nitrogens with zero attached hydrogens (tertiary/aromatic N) is 1. The van der Waals surface area contributed by atoms with Crippen LogP contribution in [0.25, 0.3) is 0 Å². The average Bonchev–Trinajstić information content (AvgIpc) is 2.71. The van der Waals surface area contributed by atoms with E-state index in [0.29, 0.717) is 39.0 Å². The molecule has 1 amide bonds. The number of rotatable bonds is 6. The molecule has 1 fully saturated rings. The highest BCUT2D eigenvalue weighted by molar-refractivity contribution is 5.82. The fourth-order valence-electron chi connectivity index (χ4n) is 3.79. The van der Waals surface area contributed by atoms with Crippen molar-refractivity contribution in [2.75, 3.05) is 19.7 Å². The molecule has 0 bridgehead atoms. The fraction of sp³-hybridized carbons (Fsp3) is 0.391. The van der Waals surface area contributed by atoms with Crippen LogP contribution in [-0.2, 0) is 15.0 Å². The minimum absolute atomic E-state index is 0.0114. The molecular formula is C23H27NO4. The molecule has 0 aromatic heterocycles. The summed E-state index contributed by atoms with van der Waals surface area (Å²) in [4.78, 5) is 26.3. The first-order chi connectivity index (χ1) is 13.4. The lowest BCUT2D eigenvalue weighted by Gasteiger charge is -2.39. The second-order valence-electron chi connectivity index (χ2n) is 7.50. The summed E-state index contributed by atoms with van der Waals surface area (Å²) in [7, 11) is 0. The van der Waals surface area contributed by atoms with Gasteiger partial charge in [-0.1, -0.05) is 42.5 Å². The summed E-state index contributed by atoms with van der Waals surface area (Å²) < 4.78 is 5.79. The Bertz CT molecular complexity index is 839. The van der Waals surface area contributed by atoms with Crippen LogP contribution in [0.2, 0.25) is 0 Å². The van der Waals surface area contributed by atoms with E-state index in [1.54, 1.807) is 4.90 Å². The summed E-state index contributed by atoms with van der Waals surface area (Å²) in [5.41, 5.74) is 2.07. The zero-order valence-electron chi connectivity index (χ0n) is 16.5. The predicted octanol–water partition coefficient (Wildman–Crippen LogP) is 3.72. The minimum atomic E-state index is -0.910. The van der Waals surface area contributed by atoms with Gasteiger partial charge in [0.2, 0.25) is 5.91 Å². The molecule has 0 atom stereocenters. The Labute approximate surface area is 165 Å². The van der Waals surface area contributed by atoms with E-state index in [2.05, 4.69) is 0 Å². The number of likely N-dealkylation sites (tertiary alicyclic amines) is 1. The first-order valence-electron chi connectivity index (χ1n) is 9.69. The number of carboxylic acids is 1. The van der Waals surface area contributed by atoms with Crippen molar-refractivity contribution in [1.29, 1.82) is 0 Å². The third kappa shape index (κ3) is 4.19. The molecular weight excluding hydrogens is 354 g/mol. The summed E-state index contributed by atoms with van der Waals surface area (Å²) in [6.45, 7) is 5.21. The quantitative estimate of drug-likeness (QED) is 0.828. The lowest BCUT2D eigenvalue weighted by molar-refractivity contribution is -0.148. The number of carbonyl (C=O) groups excluding carboxylic acids is 1. The standard InChI is InChI=1S/C23H27NO4/c1-17-8-9-18(2)20(16-17)28-15-10-21(25)24-13-11-23(12-14-24,22(26)27)19-6-4-3-5-7-19/h3-9,16H,10-15H2,1-2H3,(H,26,27). The molecule has 0 aliphatic carbocycles. The third-order valence-corrected chi connectivity index (χ3v) is 5.62. The number of piperidine rings is 1. The van der Waals surface area contributed by atoms with Gasteiger partial charge in [-0.15, -0.1) is 0 Å². The Balaban J connectivity index is 1.56. The van der Waals surface area contributed by atoms with E-state index in [1.807, 2.05) is 62.4 Å². The van der Waals surface area contributed by atoms with Crippen LogP contribution in [0.3, 0.4) is 0 Å². The van der Waals surface area contributed by atoms with Gasteiger partial charge in [-0.2, -0.15) is 0 Å². The van der Waals surface area contributed by atoms with Crippen LogP contribution >= 0.6 is 0 Å². The monoisotopic (exact) mass is 381 g/mol. The predicted molar refractivity (Wildman–Crippen MR) is 108 cm³/mol. The largest absolute Gasteiger partial charge is 0.493 e. The molecule has 5 heteroatoms. The van der Waals surface area contributed by atoms with E-state index in [0.717, 1.165) is 22.4 Å². The molecule has 0 saturated carbocycles. The van der Waals surface area contributed by atoms with Crippen molar-refractivity contribution in [2.45, 2.75) is 38.5 Å². The van der Waals surface area contributed by atoms with Gasteiger partial charge < -0.3 is 14.7 Å². The molecule has 1 aliphatic heterocycles. The van der Waals surface area contributed by atoms with Crippen molar-refractivity contribution in [2.24, 2.45) is 0 Å². The van der Waals surface area contributed by atoms with Gasteiger partial charge in [-0.25, -0.2) is 0 Å². The maximum atomic E-state index is 12.6. The molecule has 1 saturated heterocycles. The number of benzene rings is 2. The highest BCUT2D eigenvalue weighted by Gasteiger charge is 2.43. The van der Waals surface area contributed by atoms with Crippen LogP contribution in [0, 0.1) is 13.8 Å². The topological polar surface area (TPSA) is 66.8 Å². The Morgan fingerprint density at radius 1 is 1.07 bits per heavy atom. The van der Waals surface area contributed by atoms with E-state index < -0.39 is 11.4 Å². The van der Waals surface area contributed by atoms with Gasteiger partial charge >= 0.3 is 5.97 Å². The van der Waals surface area contributed by atoms with Crippen LogP contribution < -0.4 is 4.74 Å². The van der Waals surface area contributed by atoms with Crippen LogP contribution in [0.15, 0.2) is 48.5 Å². The van der Waals surface area contributed by atoms with E-state index >= 15 is 0 Å².